The van der Waals surface area contributed by atoms with Crippen molar-refractivity contribution in [2.45, 2.75) is 39.2 Å². The van der Waals surface area contributed by atoms with Crippen molar-refractivity contribution in [1.29, 1.82) is 0 Å². The normalized spacial score (nSPS) is 13.9. The highest BCUT2D eigenvalue weighted by Gasteiger charge is 2.04. The van der Waals surface area contributed by atoms with Gasteiger partial charge in [-0.25, -0.2) is 0 Å². The first kappa shape index (κ1) is 10.9. The van der Waals surface area contributed by atoms with E-state index in [1.54, 1.807) is 0 Å². The van der Waals surface area contributed by atoms with Crippen molar-refractivity contribution in [3.8, 4) is 0 Å². The second-order valence-corrected chi connectivity index (χ2v) is 3.15. The van der Waals surface area contributed by atoms with Gasteiger partial charge in [0.2, 0.25) is 0 Å². The fraction of sp³-hybridized carbons (Fsp3) is 1.00. The van der Waals surface area contributed by atoms with Crippen LogP contribution in [-0.2, 0) is 0 Å². The molecule has 0 fully saturated rings. The first-order chi connectivity index (χ1) is 5.20. The van der Waals surface area contributed by atoms with E-state index >= 15 is 0 Å². The van der Waals surface area contributed by atoms with Gasteiger partial charge < -0.3 is 10.0 Å². The molecule has 0 aromatic carbocycles. The molecule has 68 valence electrons. The maximum Gasteiger partial charge on any atom is 0.0667 e. The molecule has 0 aliphatic carbocycles. The monoisotopic (exact) mass is 159 g/mol. The average Bonchev–Trinajstić information content (AvgIpc) is 2.00. The first-order valence-corrected chi connectivity index (χ1v) is 4.57. The Morgan fingerprint density at radius 3 is 2.45 bits per heavy atom. The summed E-state index contributed by atoms with van der Waals surface area (Å²) in [5.41, 5.74) is 0. The van der Waals surface area contributed by atoms with Crippen LogP contribution >= 0.6 is 0 Å². The standard InChI is InChI=1S/C9H21NO/c1-4-6-7-9(11)8-10(3)5-2/h9,11H,4-8H2,1-3H3. The van der Waals surface area contributed by atoms with Crippen molar-refractivity contribution < 1.29 is 5.11 Å². The summed E-state index contributed by atoms with van der Waals surface area (Å²) < 4.78 is 0. The van der Waals surface area contributed by atoms with Crippen molar-refractivity contribution in [3.63, 3.8) is 0 Å². The SMILES string of the molecule is CCCCC(O)CN(C)CC. The van der Waals surface area contributed by atoms with E-state index in [-0.39, 0.29) is 6.10 Å². The van der Waals surface area contributed by atoms with E-state index in [1.807, 2.05) is 7.05 Å². The molecule has 0 spiro atoms. The van der Waals surface area contributed by atoms with Crippen LogP contribution in [0, 0.1) is 0 Å². The molecule has 0 aliphatic rings. The summed E-state index contributed by atoms with van der Waals surface area (Å²) in [6, 6.07) is 0. The molecule has 1 unspecified atom stereocenters. The average molecular weight is 159 g/mol. The molecule has 1 atom stereocenters. The van der Waals surface area contributed by atoms with Crippen molar-refractivity contribution in [2.75, 3.05) is 20.1 Å². The number of aliphatic hydroxyl groups is 1. The predicted molar refractivity (Wildman–Crippen MR) is 48.7 cm³/mol. The highest BCUT2D eigenvalue weighted by Crippen LogP contribution is 2.01. The van der Waals surface area contributed by atoms with E-state index in [0.29, 0.717) is 0 Å². The largest absolute Gasteiger partial charge is 0.392 e. The highest BCUT2D eigenvalue weighted by molar-refractivity contribution is 4.59. The molecule has 0 amide bonds. The molecule has 0 radical (unpaired) electrons. The zero-order valence-electron chi connectivity index (χ0n) is 8.01. The molecular formula is C9H21NO. The quantitative estimate of drug-likeness (QED) is 0.634. The molecule has 0 aromatic heterocycles. The van der Waals surface area contributed by atoms with Crippen LogP contribution in [0.3, 0.4) is 0 Å². The zero-order chi connectivity index (χ0) is 8.69. The number of rotatable bonds is 6. The van der Waals surface area contributed by atoms with Crippen molar-refractivity contribution in [1.82, 2.24) is 4.90 Å². The van der Waals surface area contributed by atoms with Gasteiger partial charge in [0.15, 0.2) is 0 Å². The predicted octanol–water partition coefficient (Wildman–Crippen LogP) is 1.49. The van der Waals surface area contributed by atoms with E-state index in [2.05, 4.69) is 18.7 Å². The van der Waals surface area contributed by atoms with Crippen molar-refractivity contribution in [3.05, 3.63) is 0 Å². The highest BCUT2D eigenvalue weighted by atomic mass is 16.3. The van der Waals surface area contributed by atoms with E-state index in [4.69, 9.17) is 0 Å². The number of aliphatic hydroxyl groups excluding tert-OH is 1. The molecule has 0 saturated heterocycles. The third kappa shape index (κ3) is 6.32. The van der Waals surface area contributed by atoms with Gasteiger partial charge in [-0.15, -0.1) is 0 Å². The fourth-order valence-corrected chi connectivity index (χ4v) is 1.02. The number of unbranched alkanes of at least 4 members (excludes halogenated alkanes) is 1. The smallest absolute Gasteiger partial charge is 0.0667 e. The Morgan fingerprint density at radius 1 is 1.36 bits per heavy atom. The molecule has 0 aromatic rings. The fourth-order valence-electron chi connectivity index (χ4n) is 1.02. The molecule has 2 heteroatoms. The second kappa shape index (κ2) is 6.62. The topological polar surface area (TPSA) is 23.5 Å². The van der Waals surface area contributed by atoms with Crippen LogP contribution < -0.4 is 0 Å². The van der Waals surface area contributed by atoms with E-state index in [0.717, 1.165) is 25.9 Å². The van der Waals surface area contributed by atoms with Crippen LogP contribution in [0.4, 0.5) is 0 Å². The number of hydrogen-bond acceptors (Lipinski definition) is 2. The van der Waals surface area contributed by atoms with E-state index in [9.17, 15) is 5.11 Å². The minimum atomic E-state index is -0.125. The molecule has 1 N–H and O–H groups in total. The number of nitrogens with zero attached hydrogens (tertiary/aromatic N) is 1. The third-order valence-corrected chi connectivity index (χ3v) is 1.95. The maximum atomic E-state index is 9.44. The lowest BCUT2D eigenvalue weighted by atomic mass is 10.1. The van der Waals surface area contributed by atoms with Gasteiger partial charge in [0.25, 0.3) is 0 Å². The van der Waals surface area contributed by atoms with Crippen LogP contribution in [0.25, 0.3) is 0 Å². The Labute approximate surface area is 70.2 Å². The van der Waals surface area contributed by atoms with E-state index < -0.39 is 0 Å². The van der Waals surface area contributed by atoms with Gasteiger partial charge >= 0.3 is 0 Å². The summed E-state index contributed by atoms with van der Waals surface area (Å²) in [5, 5.41) is 9.44. The van der Waals surface area contributed by atoms with Gasteiger partial charge in [-0.2, -0.15) is 0 Å². The molecule has 0 saturated carbocycles. The van der Waals surface area contributed by atoms with Crippen LogP contribution in [0.5, 0.6) is 0 Å². The zero-order valence-corrected chi connectivity index (χ0v) is 8.01. The Bertz CT molecular complexity index is 85.6. The Hall–Kier alpha value is -0.0800. The van der Waals surface area contributed by atoms with Crippen LogP contribution in [0.15, 0.2) is 0 Å². The Balaban J connectivity index is 3.27. The van der Waals surface area contributed by atoms with Gasteiger partial charge in [-0.05, 0) is 20.0 Å². The van der Waals surface area contributed by atoms with Crippen LogP contribution in [-0.4, -0.2) is 36.2 Å². The van der Waals surface area contributed by atoms with E-state index in [1.165, 1.54) is 6.42 Å². The minimum Gasteiger partial charge on any atom is -0.392 e. The lowest BCUT2D eigenvalue weighted by molar-refractivity contribution is 0.118. The summed E-state index contributed by atoms with van der Waals surface area (Å²) in [6.07, 6.45) is 3.13. The van der Waals surface area contributed by atoms with Gasteiger partial charge in [0.05, 0.1) is 6.10 Å². The first-order valence-electron chi connectivity index (χ1n) is 4.57. The maximum absolute atomic E-state index is 9.44. The Kier molecular flexibility index (Phi) is 6.57. The molecule has 2 nitrogen and oxygen atoms in total. The van der Waals surface area contributed by atoms with Gasteiger partial charge in [0, 0.05) is 6.54 Å². The van der Waals surface area contributed by atoms with Gasteiger partial charge in [0.1, 0.15) is 0 Å². The number of hydrogen-bond donors (Lipinski definition) is 1. The number of likely N-dealkylation sites (N-methyl/N-ethyl adjacent to an activating group) is 1. The molecule has 11 heavy (non-hydrogen) atoms. The molecule has 0 heterocycles. The molecule has 0 aliphatic heterocycles. The third-order valence-electron chi connectivity index (χ3n) is 1.95. The summed E-state index contributed by atoms with van der Waals surface area (Å²) in [7, 11) is 2.04. The van der Waals surface area contributed by atoms with Crippen LogP contribution in [0.1, 0.15) is 33.1 Å². The minimum absolute atomic E-state index is 0.125. The van der Waals surface area contributed by atoms with Gasteiger partial charge in [-0.3, -0.25) is 0 Å². The Morgan fingerprint density at radius 2 is 2.00 bits per heavy atom. The van der Waals surface area contributed by atoms with Crippen molar-refractivity contribution >= 4 is 0 Å². The second-order valence-electron chi connectivity index (χ2n) is 3.15. The van der Waals surface area contributed by atoms with Crippen molar-refractivity contribution in [2.24, 2.45) is 0 Å². The lowest BCUT2D eigenvalue weighted by Gasteiger charge is -2.18. The summed E-state index contributed by atoms with van der Waals surface area (Å²) in [4.78, 5) is 2.14. The molecular weight excluding hydrogens is 138 g/mol. The van der Waals surface area contributed by atoms with Gasteiger partial charge in [-0.1, -0.05) is 26.7 Å². The summed E-state index contributed by atoms with van der Waals surface area (Å²) in [5.74, 6) is 0. The van der Waals surface area contributed by atoms with Crippen LogP contribution in [0.2, 0.25) is 0 Å². The molecule has 0 rings (SSSR count). The molecule has 0 bridgehead atoms. The lowest BCUT2D eigenvalue weighted by Crippen LogP contribution is -2.28. The summed E-state index contributed by atoms with van der Waals surface area (Å²) >= 11 is 0. The summed E-state index contributed by atoms with van der Waals surface area (Å²) in [6.45, 7) is 6.09.